The average Bonchev–Trinajstić information content (AvgIpc) is 2.38. The minimum Gasteiger partial charge on any atom is -0.326 e. The Kier molecular flexibility index (Phi) is 7.05. The Labute approximate surface area is 129 Å². The molecule has 0 spiro atoms. The number of rotatable bonds is 4. The molecule has 0 aromatic heterocycles. The molecule has 1 aliphatic heterocycles. The number of halogens is 3. The van der Waals surface area contributed by atoms with Crippen LogP contribution in [0.1, 0.15) is 26.2 Å². The molecule has 0 saturated carbocycles. The smallest absolute Gasteiger partial charge is 0.224 e. The van der Waals surface area contributed by atoms with E-state index in [1.54, 1.807) is 0 Å². The molecule has 0 bridgehead atoms. The van der Waals surface area contributed by atoms with Crippen LogP contribution in [-0.2, 0) is 4.79 Å². The number of benzene rings is 1. The van der Waals surface area contributed by atoms with Gasteiger partial charge in [-0.15, -0.1) is 12.4 Å². The van der Waals surface area contributed by atoms with Crippen LogP contribution in [0.3, 0.4) is 0 Å². The molecule has 0 radical (unpaired) electrons. The highest BCUT2D eigenvalue weighted by Gasteiger charge is 2.22. The van der Waals surface area contributed by atoms with E-state index in [0.29, 0.717) is 12.3 Å². The lowest BCUT2D eigenvalue weighted by molar-refractivity contribution is -0.117. The molecule has 2 N–H and O–H groups in total. The molecule has 1 aliphatic rings. The van der Waals surface area contributed by atoms with Crippen molar-refractivity contribution in [3.8, 4) is 0 Å². The standard InChI is InChI=1S/C15H20F2N2O.ClH/c1-10(11-3-2-4-18-9-11)5-15(20)19-14-7-12(16)6-13(17)8-14;/h6-8,10-11,18H,2-5,9H2,1H3,(H,19,20);1H. The van der Waals surface area contributed by atoms with Crippen LogP contribution >= 0.6 is 12.4 Å². The fourth-order valence-electron chi connectivity index (χ4n) is 2.66. The third-order valence-electron chi connectivity index (χ3n) is 3.79. The summed E-state index contributed by atoms with van der Waals surface area (Å²) in [5.41, 5.74) is 0.168. The zero-order valence-electron chi connectivity index (χ0n) is 12.0. The molecular formula is C15H21ClF2N2O. The molecule has 1 aromatic carbocycles. The number of piperidine rings is 1. The molecule has 1 aromatic rings. The number of nitrogens with one attached hydrogen (secondary N) is 2. The summed E-state index contributed by atoms with van der Waals surface area (Å²) in [4.78, 5) is 11.9. The van der Waals surface area contributed by atoms with Crippen LogP contribution in [0, 0.1) is 23.5 Å². The lowest BCUT2D eigenvalue weighted by Gasteiger charge is -2.28. The van der Waals surface area contributed by atoms with Gasteiger partial charge in [0.25, 0.3) is 0 Å². The average molecular weight is 319 g/mol. The van der Waals surface area contributed by atoms with E-state index < -0.39 is 11.6 Å². The fourth-order valence-corrected chi connectivity index (χ4v) is 2.66. The van der Waals surface area contributed by atoms with Crippen molar-refractivity contribution in [3.05, 3.63) is 29.8 Å². The Hall–Kier alpha value is -1.20. The maximum atomic E-state index is 13.0. The molecule has 1 fully saturated rings. The van der Waals surface area contributed by atoms with Crippen molar-refractivity contribution in [2.45, 2.75) is 26.2 Å². The van der Waals surface area contributed by atoms with Crippen LogP contribution in [-0.4, -0.2) is 19.0 Å². The number of carbonyl (C=O) groups is 1. The zero-order valence-corrected chi connectivity index (χ0v) is 12.8. The Morgan fingerprint density at radius 1 is 1.38 bits per heavy atom. The summed E-state index contributed by atoms with van der Waals surface area (Å²) in [7, 11) is 0. The molecule has 118 valence electrons. The molecule has 1 saturated heterocycles. The first-order valence-corrected chi connectivity index (χ1v) is 7.01. The summed E-state index contributed by atoms with van der Waals surface area (Å²) in [6.07, 6.45) is 2.62. The van der Waals surface area contributed by atoms with Gasteiger partial charge in [-0.1, -0.05) is 6.92 Å². The van der Waals surface area contributed by atoms with Crippen molar-refractivity contribution in [1.29, 1.82) is 0 Å². The van der Waals surface area contributed by atoms with Crippen LogP contribution in [0.5, 0.6) is 0 Å². The number of carbonyl (C=O) groups excluding carboxylic acids is 1. The largest absolute Gasteiger partial charge is 0.326 e. The quantitative estimate of drug-likeness (QED) is 0.894. The molecule has 21 heavy (non-hydrogen) atoms. The van der Waals surface area contributed by atoms with Gasteiger partial charge < -0.3 is 10.6 Å². The highest BCUT2D eigenvalue weighted by atomic mass is 35.5. The van der Waals surface area contributed by atoms with Crippen LogP contribution in [0.4, 0.5) is 14.5 Å². The first-order valence-electron chi connectivity index (χ1n) is 7.01. The molecule has 2 rings (SSSR count). The van der Waals surface area contributed by atoms with E-state index in [2.05, 4.69) is 10.6 Å². The fraction of sp³-hybridized carbons (Fsp3) is 0.533. The van der Waals surface area contributed by atoms with Crippen molar-refractivity contribution in [3.63, 3.8) is 0 Å². The van der Waals surface area contributed by atoms with Gasteiger partial charge in [0.15, 0.2) is 0 Å². The number of anilines is 1. The first-order chi connectivity index (χ1) is 9.54. The van der Waals surface area contributed by atoms with Gasteiger partial charge in [-0.3, -0.25) is 4.79 Å². The van der Waals surface area contributed by atoms with Crippen LogP contribution < -0.4 is 10.6 Å². The molecule has 1 amide bonds. The number of hydrogen-bond donors (Lipinski definition) is 2. The van der Waals surface area contributed by atoms with Crippen LogP contribution in [0.15, 0.2) is 18.2 Å². The van der Waals surface area contributed by atoms with Crippen molar-refractivity contribution in [1.82, 2.24) is 5.32 Å². The normalized spacial score (nSPS) is 19.5. The lowest BCUT2D eigenvalue weighted by atomic mass is 9.85. The lowest BCUT2D eigenvalue weighted by Crippen LogP contribution is -2.34. The van der Waals surface area contributed by atoms with Gasteiger partial charge in [0, 0.05) is 18.2 Å². The second-order valence-corrected chi connectivity index (χ2v) is 5.49. The van der Waals surface area contributed by atoms with Gasteiger partial charge in [0.05, 0.1) is 0 Å². The van der Waals surface area contributed by atoms with E-state index in [0.717, 1.165) is 44.1 Å². The SMILES string of the molecule is CC(CC(=O)Nc1cc(F)cc(F)c1)C1CCCNC1.Cl. The predicted octanol–water partition coefficient (Wildman–Crippen LogP) is 3.35. The second-order valence-electron chi connectivity index (χ2n) is 5.49. The van der Waals surface area contributed by atoms with Gasteiger partial charge in [-0.2, -0.15) is 0 Å². The van der Waals surface area contributed by atoms with Gasteiger partial charge in [-0.25, -0.2) is 8.78 Å². The van der Waals surface area contributed by atoms with Gasteiger partial charge >= 0.3 is 0 Å². The Morgan fingerprint density at radius 3 is 2.62 bits per heavy atom. The van der Waals surface area contributed by atoms with E-state index in [1.807, 2.05) is 6.92 Å². The minimum absolute atomic E-state index is 0. The molecule has 1 heterocycles. The minimum atomic E-state index is -0.690. The highest BCUT2D eigenvalue weighted by molar-refractivity contribution is 5.90. The summed E-state index contributed by atoms with van der Waals surface area (Å²) in [5, 5.41) is 5.88. The Balaban J connectivity index is 0.00000220. The van der Waals surface area contributed by atoms with E-state index in [9.17, 15) is 13.6 Å². The second kappa shape index (κ2) is 8.29. The number of hydrogen-bond acceptors (Lipinski definition) is 2. The highest BCUT2D eigenvalue weighted by Crippen LogP contribution is 2.23. The monoisotopic (exact) mass is 318 g/mol. The Morgan fingerprint density at radius 2 is 2.05 bits per heavy atom. The van der Waals surface area contributed by atoms with E-state index in [-0.39, 0.29) is 29.9 Å². The molecule has 3 nitrogen and oxygen atoms in total. The molecule has 6 heteroatoms. The number of amides is 1. The third-order valence-corrected chi connectivity index (χ3v) is 3.79. The van der Waals surface area contributed by atoms with Gasteiger partial charge in [-0.05, 0) is 49.9 Å². The Bertz CT molecular complexity index is 458. The molecule has 2 atom stereocenters. The first kappa shape index (κ1) is 17.9. The van der Waals surface area contributed by atoms with Crippen molar-refractivity contribution in [2.75, 3.05) is 18.4 Å². The molecule has 2 unspecified atom stereocenters. The third kappa shape index (κ3) is 5.59. The summed E-state index contributed by atoms with van der Waals surface area (Å²) >= 11 is 0. The maximum Gasteiger partial charge on any atom is 0.224 e. The van der Waals surface area contributed by atoms with Crippen molar-refractivity contribution < 1.29 is 13.6 Å². The summed E-state index contributed by atoms with van der Waals surface area (Å²) in [6, 6.07) is 3.02. The predicted molar refractivity (Wildman–Crippen MR) is 81.6 cm³/mol. The van der Waals surface area contributed by atoms with Crippen molar-refractivity contribution >= 4 is 24.0 Å². The molecular weight excluding hydrogens is 298 g/mol. The van der Waals surface area contributed by atoms with Gasteiger partial charge in [0.2, 0.25) is 5.91 Å². The maximum absolute atomic E-state index is 13.0. The van der Waals surface area contributed by atoms with Crippen LogP contribution in [0.2, 0.25) is 0 Å². The van der Waals surface area contributed by atoms with E-state index in [4.69, 9.17) is 0 Å². The van der Waals surface area contributed by atoms with Gasteiger partial charge in [0.1, 0.15) is 11.6 Å². The molecule has 0 aliphatic carbocycles. The van der Waals surface area contributed by atoms with Crippen LogP contribution in [0.25, 0.3) is 0 Å². The van der Waals surface area contributed by atoms with Crippen molar-refractivity contribution in [2.24, 2.45) is 11.8 Å². The summed E-state index contributed by atoms with van der Waals surface area (Å²) < 4.78 is 26.1. The zero-order chi connectivity index (χ0) is 14.5. The summed E-state index contributed by atoms with van der Waals surface area (Å²) in [5.74, 6) is -0.845. The van der Waals surface area contributed by atoms with E-state index in [1.165, 1.54) is 0 Å². The topological polar surface area (TPSA) is 41.1 Å². The van der Waals surface area contributed by atoms with E-state index >= 15 is 0 Å². The summed E-state index contributed by atoms with van der Waals surface area (Å²) in [6.45, 7) is 4.02.